The number of fused-ring (bicyclic) bond motifs is 8. The number of oxazole rings is 1. The van der Waals surface area contributed by atoms with E-state index in [0.717, 1.165) is 66.8 Å². The van der Waals surface area contributed by atoms with Gasteiger partial charge < -0.3 is 13.7 Å². The number of nitrogens with zero attached hydrogens (tertiary/aromatic N) is 2. The summed E-state index contributed by atoms with van der Waals surface area (Å²) in [6.07, 6.45) is 0. The second-order valence-corrected chi connectivity index (χ2v) is 14.6. The number of aromatic nitrogens is 1. The lowest BCUT2D eigenvalue weighted by Gasteiger charge is -2.26. The molecule has 0 bridgehead atoms. The number of rotatable bonds is 6. The first kappa shape index (κ1) is 30.7. The molecule has 11 aromatic rings. The zero-order valence-electron chi connectivity index (χ0n) is 28.9. The van der Waals surface area contributed by atoms with Crippen LogP contribution in [0.2, 0.25) is 0 Å². The zero-order chi connectivity index (χ0) is 35.6. The maximum Gasteiger partial charge on any atom is 0.227 e. The summed E-state index contributed by atoms with van der Waals surface area (Å²) in [7, 11) is 0. The molecule has 0 aliphatic heterocycles. The van der Waals surface area contributed by atoms with Crippen molar-refractivity contribution in [2.24, 2.45) is 0 Å². The van der Waals surface area contributed by atoms with Crippen LogP contribution in [-0.4, -0.2) is 4.98 Å². The van der Waals surface area contributed by atoms with Gasteiger partial charge in [0, 0.05) is 37.8 Å². The molecular weight excluding hydrogens is 681 g/mol. The number of hydrogen-bond acceptors (Lipinski definition) is 5. The molecule has 0 saturated heterocycles. The van der Waals surface area contributed by atoms with Gasteiger partial charge >= 0.3 is 0 Å². The average Bonchev–Trinajstić information content (AvgIpc) is 3.96. The van der Waals surface area contributed by atoms with Crippen LogP contribution in [0.15, 0.2) is 191 Å². The van der Waals surface area contributed by atoms with Crippen LogP contribution >= 0.6 is 11.3 Å². The Labute approximate surface area is 314 Å². The topological polar surface area (TPSA) is 42.4 Å². The predicted molar refractivity (Wildman–Crippen MR) is 225 cm³/mol. The van der Waals surface area contributed by atoms with E-state index in [1.54, 1.807) is 0 Å². The molecule has 0 aliphatic carbocycles. The highest BCUT2D eigenvalue weighted by Crippen LogP contribution is 2.45. The number of anilines is 3. The number of hydrogen-bond donors (Lipinski definition) is 0. The van der Waals surface area contributed by atoms with Gasteiger partial charge in [-0.2, -0.15) is 0 Å². The summed E-state index contributed by atoms with van der Waals surface area (Å²) >= 11 is 1.85. The van der Waals surface area contributed by atoms with E-state index in [0.29, 0.717) is 5.89 Å². The predicted octanol–water partition coefficient (Wildman–Crippen LogP) is 14.6. The Morgan fingerprint density at radius 3 is 1.83 bits per heavy atom. The van der Waals surface area contributed by atoms with Crippen LogP contribution in [0.25, 0.3) is 86.9 Å². The third kappa shape index (κ3) is 5.01. The minimum atomic E-state index is 0.605. The van der Waals surface area contributed by atoms with Crippen LogP contribution in [0.4, 0.5) is 17.1 Å². The van der Waals surface area contributed by atoms with E-state index in [1.165, 1.54) is 31.3 Å². The molecule has 0 fully saturated rings. The lowest BCUT2D eigenvalue weighted by molar-refractivity contribution is 0.622. The van der Waals surface area contributed by atoms with Crippen LogP contribution in [0, 0.1) is 0 Å². The van der Waals surface area contributed by atoms with Crippen LogP contribution in [0.3, 0.4) is 0 Å². The minimum Gasteiger partial charge on any atom is -0.456 e. The van der Waals surface area contributed by atoms with Crippen molar-refractivity contribution < 1.29 is 8.83 Å². The molecule has 0 atom stereocenters. The van der Waals surface area contributed by atoms with Gasteiger partial charge in [0.1, 0.15) is 16.7 Å². The smallest absolute Gasteiger partial charge is 0.227 e. The third-order valence-electron chi connectivity index (χ3n) is 10.3. The molecule has 254 valence electrons. The standard InChI is InChI=1S/C49H30N2O2S/c1-3-10-31(11-4-1)32-18-23-36(24-19-32)51(42-16-9-15-39-38-14-7-8-17-45(38)54-48(39)42)37-25-20-33(21-26-37)35-22-27-40-44(30-35)52-43-29-28-41-47(46(40)43)53-49(50-41)34-12-5-2-6-13-34/h1-30H. The van der Waals surface area contributed by atoms with Crippen LogP contribution in [0.5, 0.6) is 0 Å². The molecule has 0 saturated carbocycles. The highest BCUT2D eigenvalue weighted by Gasteiger charge is 2.20. The first-order chi connectivity index (χ1) is 26.7. The molecule has 54 heavy (non-hydrogen) atoms. The van der Waals surface area contributed by atoms with Gasteiger partial charge in [-0.05, 0) is 95.1 Å². The van der Waals surface area contributed by atoms with Gasteiger partial charge in [-0.3, -0.25) is 0 Å². The summed E-state index contributed by atoms with van der Waals surface area (Å²) < 4.78 is 15.3. The van der Waals surface area contributed by atoms with Crippen LogP contribution in [0.1, 0.15) is 0 Å². The van der Waals surface area contributed by atoms with Crippen LogP contribution in [-0.2, 0) is 0 Å². The van der Waals surface area contributed by atoms with Crippen molar-refractivity contribution in [2.75, 3.05) is 4.90 Å². The Morgan fingerprint density at radius 1 is 0.444 bits per heavy atom. The fourth-order valence-electron chi connectivity index (χ4n) is 7.70. The van der Waals surface area contributed by atoms with Crippen molar-refractivity contribution in [2.45, 2.75) is 0 Å². The van der Waals surface area contributed by atoms with Gasteiger partial charge in [0.05, 0.1) is 15.8 Å². The summed E-state index contributed by atoms with van der Waals surface area (Å²) in [5, 5.41) is 4.51. The maximum atomic E-state index is 6.43. The first-order valence-corrected chi connectivity index (χ1v) is 18.8. The number of benzene rings is 8. The van der Waals surface area contributed by atoms with Gasteiger partial charge in [-0.15, -0.1) is 11.3 Å². The van der Waals surface area contributed by atoms with Gasteiger partial charge in [0.2, 0.25) is 5.89 Å². The van der Waals surface area contributed by atoms with E-state index >= 15 is 0 Å². The largest absolute Gasteiger partial charge is 0.456 e. The fourth-order valence-corrected chi connectivity index (χ4v) is 8.91. The highest BCUT2D eigenvalue weighted by atomic mass is 32.1. The lowest BCUT2D eigenvalue weighted by Crippen LogP contribution is -2.10. The van der Waals surface area contributed by atoms with E-state index in [4.69, 9.17) is 13.8 Å². The van der Waals surface area contributed by atoms with Crippen molar-refractivity contribution >= 4 is 81.6 Å². The SMILES string of the molecule is c1ccc(-c2ccc(N(c3ccc(-c4ccc5c(c4)oc4ccc6nc(-c7ccccc7)oc6c45)cc3)c3cccc4c3sc3ccccc34)cc2)cc1. The van der Waals surface area contributed by atoms with Crippen molar-refractivity contribution in [3.8, 4) is 33.7 Å². The van der Waals surface area contributed by atoms with Gasteiger partial charge in [0.15, 0.2) is 5.58 Å². The second kappa shape index (κ2) is 12.3. The van der Waals surface area contributed by atoms with Crippen LogP contribution < -0.4 is 4.90 Å². The maximum absolute atomic E-state index is 6.43. The van der Waals surface area contributed by atoms with E-state index in [9.17, 15) is 0 Å². The zero-order valence-corrected chi connectivity index (χ0v) is 29.8. The summed E-state index contributed by atoms with van der Waals surface area (Å²) in [6.45, 7) is 0. The van der Waals surface area contributed by atoms with Crippen molar-refractivity contribution in [3.05, 3.63) is 182 Å². The molecule has 0 unspecified atom stereocenters. The molecule has 0 radical (unpaired) electrons. The molecule has 0 N–H and O–H groups in total. The quantitative estimate of drug-likeness (QED) is 0.172. The minimum absolute atomic E-state index is 0.605. The molecule has 4 nitrogen and oxygen atoms in total. The Balaban J connectivity index is 0.997. The van der Waals surface area contributed by atoms with Crippen molar-refractivity contribution in [1.82, 2.24) is 4.98 Å². The highest BCUT2D eigenvalue weighted by molar-refractivity contribution is 7.26. The van der Waals surface area contributed by atoms with Gasteiger partial charge in [0.25, 0.3) is 0 Å². The Bertz CT molecular complexity index is 3140. The average molecular weight is 711 g/mol. The number of thiophene rings is 1. The molecule has 8 aromatic carbocycles. The van der Waals surface area contributed by atoms with E-state index in [-0.39, 0.29) is 0 Å². The summed E-state index contributed by atoms with van der Waals surface area (Å²) in [6, 6.07) is 64.0. The molecule has 11 rings (SSSR count). The lowest BCUT2D eigenvalue weighted by atomic mass is 10.0. The van der Waals surface area contributed by atoms with E-state index in [1.807, 2.05) is 53.8 Å². The first-order valence-electron chi connectivity index (χ1n) is 18.0. The Hall–Kier alpha value is -6.95. The molecular formula is C49H30N2O2S. The monoisotopic (exact) mass is 710 g/mol. The molecule has 0 aliphatic rings. The molecule has 0 spiro atoms. The molecule has 5 heteroatoms. The molecule has 3 aromatic heterocycles. The van der Waals surface area contributed by atoms with Crippen molar-refractivity contribution in [3.63, 3.8) is 0 Å². The Kier molecular flexibility index (Phi) is 7.00. The molecule has 0 amide bonds. The third-order valence-corrected chi connectivity index (χ3v) is 11.5. The Morgan fingerprint density at radius 2 is 1.07 bits per heavy atom. The van der Waals surface area contributed by atoms with Gasteiger partial charge in [-0.25, -0.2) is 4.98 Å². The van der Waals surface area contributed by atoms with E-state index < -0.39 is 0 Å². The van der Waals surface area contributed by atoms with E-state index in [2.05, 4.69) is 144 Å². The normalized spacial score (nSPS) is 11.7. The summed E-state index contributed by atoms with van der Waals surface area (Å²) in [5.41, 5.74) is 12.0. The number of furan rings is 1. The fraction of sp³-hybridized carbons (Fsp3) is 0. The molecule has 3 heterocycles. The van der Waals surface area contributed by atoms with Gasteiger partial charge in [-0.1, -0.05) is 109 Å². The summed E-state index contributed by atoms with van der Waals surface area (Å²) in [5.74, 6) is 0.605. The second-order valence-electron chi connectivity index (χ2n) is 13.5. The van der Waals surface area contributed by atoms with Crippen molar-refractivity contribution in [1.29, 1.82) is 0 Å². The summed E-state index contributed by atoms with van der Waals surface area (Å²) in [4.78, 5) is 7.16.